The molecular formula is C23H22N4O3. The van der Waals surface area contributed by atoms with Gasteiger partial charge in [-0.3, -0.25) is 0 Å². The lowest BCUT2D eigenvalue weighted by Crippen LogP contribution is -2.09. The largest absolute Gasteiger partial charge is 0.504 e. The number of phenolic OH excluding ortho intramolecular Hbond substituents is 1. The molecule has 2 heterocycles. The number of hydrogen-bond donors (Lipinski definition) is 2. The molecular weight excluding hydrogens is 380 g/mol. The van der Waals surface area contributed by atoms with Crippen LogP contribution in [0.5, 0.6) is 11.5 Å². The average Bonchev–Trinajstić information content (AvgIpc) is 2.71. The molecule has 4 rings (SSSR count). The third-order valence-corrected chi connectivity index (χ3v) is 4.62. The van der Waals surface area contributed by atoms with E-state index in [2.05, 4.69) is 20.5 Å². The van der Waals surface area contributed by atoms with Crippen LogP contribution >= 0.6 is 0 Å². The first-order valence-electron chi connectivity index (χ1n) is 9.47. The number of aromatic hydroxyl groups is 1. The van der Waals surface area contributed by atoms with Gasteiger partial charge in [-0.2, -0.15) is 5.10 Å². The molecule has 2 aromatic heterocycles. The molecule has 0 radical (unpaired) electrons. The van der Waals surface area contributed by atoms with Crippen molar-refractivity contribution in [3.8, 4) is 22.8 Å². The van der Waals surface area contributed by atoms with E-state index in [0.29, 0.717) is 28.4 Å². The number of nitrogens with one attached hydrogen (secondary N) is 1. The Kier molecular flexibility index (Phi) is 5.10. The van der Waals surface area contributed by atoms with Gasteiger partial charge in [0.2, 0.25) is 5.95 Å². The highest BCUT2D eigenvalue weighted by Gasteiger charge is 2.10. The van der Waals surface area contributed by atoms with Crippen molar-refractivity contribution in [1.82, 2.24) is 9.97 Å². The van der Waals surface area contributed by atoms with E-state index in [4.69, 9.17) is 9.15 Å². The van der Waals surface area contributed by atoms with Crippen molar-refractivity contribution in [2.75, 3.05) is 12.5 Å². The van der Waals surface area contributed by atoms with Gasteiger partial charge in [-0.05, 0) is 62.7 Å². The fraction of sp³-hybridized carbons (Fsp3) is 0.174. The van der Waals surface area contributed by atoms with Crippen LogP contribution in [-0.4, -0.2) is 22.2 Å². The molecule has 4 aromatic rings. The van der Waals surface area contributed by atoms with Crippen molar-refractivity contribution in [1.29, 1.82) is 0 Å². The maximum atomic E-state index is 9.90. The fourth-order valence-electron chi connectivity index (χ4n) is 3.23. The van der Waals surface area contributed by atoms with E-state index < -0.39 is 0 Å². The third-order valence-electron chi connectivity index (χ3n) is 4.62. The Hall–Kier alpha value is -3.87. The van der Waals surface area contributed by atoms with E-state index in [-0.39, 0.29) is 5.75 Å². The molecule has 0 fully saturated rings. The van der Waals surface area contributed by atoms with Gasteiger partial charge in [-0.1, -0.05) is 6.07 Å². The van der Waals surface area contributed by atoms with Gasteiger partial charge in [0, 0.05) is 28.4 Å². The van der Waals surface area contributed by atoms with E-state index in [9.17, 15) is 5.11 Å². The number of benzene rings is 2. The molecule has 0 aliphatic heterocycles. The van der Waals surface area contributed by atoms with Crippen molar-refractivity contribution >= 4 is 16.9 Å². The van der Waals surface area contributed by atoms with Crippen molar-refractivity contribution in [3.05, 3.63) is 70.8 Å². The highest BCUT2D eigenvalue weighted by atomic mass is 16.5. The summed E-state index contributed by atoms with van der Waals surface area (Å²) >= 11 is 0. The Morgan fingerprint density at radius 3 is 2.47 bits per heavy atom. The molecule has 0 atom stereocenters. The fourth-order valence-corrected chi connectivity index (χ4v) is 3.23. The number of anilines is 1. The summed E-state index contributed by atoms with van der Waals surface area (Å²) in [6, 6.07) is 14.7. The maximum Gasteiger partial charge on any atom is 0.243 e. The van der Waals surface area contributed by atoms with Crippen molar-refractivity contribution < 1.29 is 14.3 Å². The Bertz CT molecular complexity index is 1290. The molecule has 30 heavy (non-hydrogen) atoms. The molecule has 2 N–H and O–H groups in total. The van der Waals surface area contributed by atoms with Crippen LogP contribution in [-0.2, 0) is 0 Å². The van der Waals surface area contributed by atoms with Gasteiger partial charge >= 0.3 is 0 Å². The summed E-state index contributed by atoms with van der Waals surface area (Å²) < 4.78 is 11.4. The summed E-state index contributed by atoms with van der Waals surface area (Å²) in [5, 5.41) is 16.0. The van der Waals surface area contributed by atoms with Gasteiger partial charge in [0.25, 0.3) is 0 Å². The summed E-state index contributed by atoms with van der Waals surface area (Å²) in [5.41, 5.74) is 7.20. The number of aromatic nitrogens is 2. The van der Waals surface area contributed by atoms with E-state index in [1.54, 1.807) is 18.2 Å². The molecule has 0 spiro atoms. The second-order valence-electron chi connectivity index (χ2n) is 7.08. The van der Waals surface area contributed by atoms with Crippen LogP contribution in [0.4, 0.5) is 5.95 Å². The van der Waals surface area contributed by atoms with Crippen LogP contribution in [0.1, 0.15) is 17.0 Å². The molecule has 2 aromatic carbocycles. The monoisotopic (exact) mass is 402 g/mol. The van der Waals surface area contributed by atoms with Crippen LogP contribution in [0.15, 0.2) is 58.0 Å². The number of fused-ring (bicyclic) bond motifs is 1. The number of rotatable bonds is 4. The molecule has 0 amide bonds. The Balaban J connectivity index is 1.87. The number of methoxy groups -OCH3 is 1. The molecule has 0 aliphatic carbocycles. The maximum absolute atomic E-state index is 9.90. The molecule has 7 nitrogen and oxygen atoms in total. The Morgan fingerprint density at radius 2 is 1.73 bits per heavy atom. The second kappa shape index (κ2) is 7.87. The minimum Gasteiger partial charge on any atom is -0.504 e. The minimum absolute atomic E-state index is 0.0661. The first kappa shape index (κ1) is 19.4. The molecule has 0 unspecified atom stereocenters. The zero-order valence-corrected chi connectivity index (χ0v) is 17.2. The van der Waals surface area contributed by atoms with Gasteiger partial charge in [0.15, 0.2) is 11.5 Å². The van der Waals surface area contributed by atoms with Crippen molar-refractivity contribution in [3.63, 3.8) is 0 Å². The summed E-state index contributed by atoms with van der Waals surface area (Å²) in [6.45, 7) is 5.83. The molecule has 152 valence electrons. The first-order valence-corrected chi connectivity index (χ1v) is 9.47. The normalized spacial score (nSPS) is 11.7. The summed E-state index contributed by atoms with van der Waals surface area (Å²) in [7, 11) is 1.51. The highest BCUT2D eigenvalue weighted by Crippen LogP contribution is 2.32. The van der Waals surface area contributed by atoms with E-state index in [0.717, 1.165) is 27.9 Å². The first-order chi connectivity index (χ1) is 14.4. The molecule has 0 saturated heterocycles. The number of aryl methyl sites for hydroxylation is 3. The summed E-state index contributed by atoms with van der Waals surface area (Å²) in [4.78, 5) is 8.75. The highest BCUT2D eigenvalue weighted by molar-refractivity contribution is 5.79. The van der Waals surface area contributed by atoms with Gasteiger partial charge in [0.1, 0.15) is 11.3 Å². The zero-order chi connectivity index (χ0) is 21.3. The van der Waals surface area contributed by atoms with Crippen LogP contribution < -0.4 is 15.5 Å². The van der Waals surface area contributed by atoms with Crippen LogP contribution in [0.2, 0.25) is 0 Å². The number of nitrogens with zero attached hydrogens (tertiary/aromatic N) is 3. The van der Waals surface area contributed by atoms with Crippen molar-refractivity contribution in [2.45, 2.75) is 20.8 Å². The lowest BCUT2D eigenvalue weighted by Gasteiger charge is -2.08. The standard InChI is InChI=1S/C23H22N4O3/c1-13-5-7-17-18(26-27-23-24-14(2)10-15(3)25-23)12-20(30-21(17)9-13)16-6-8-19(28)22(11-16)29-4/h5-12,28H,1-4H3,(H,24,25,27). The number of phenols is 1. The quantitative estimate of drug-likeness (QED) is 0.490. The van der Waals surface area contributed by atoms with E-state index in [1.165, 1.54) is 7.11 Å². The minimum atomic E-state index is 0.0661. The van der Waals surface area contributed by atoms with Gasteiger partial charge < -0.3 is 14.3 Å². The molecule has 0 bridgehead atoms. The van der Waals surface area contributed by atoms with E-state index >= 15 is 0 Å². The zero-order valence-electron chi connectivity index (χ0n) is 17.2. The molecule has 0 aliphatic rings. The molecule has 0 saturated carbocycles. The Morgan fingerprint density at radius 1 is 0.967 bits per heavy atom. The third kappa shape index (κ3) is 3.96. The molecule has 7 heteroatoms. The van der Waals surface area contributed by atoms with Crippen molar-refractivity contribution in [2.24, 2.45) is 5.10 Å². The second-order valence-corrected chi connectivity index (χ2v) is 7.08. The number of ether oxygens (including phenoxy) is 1. The Labute approximate surface area is 173 Å². The summed E-state index contributed by atoms with van der Waals surface area (Å²) in [6.07, 6.45) is 0. The topological polar surface area (TPSA) is 92.8 Å². The number of hydrogen-bond acceptors (Lipinski definition) is 7. The predicted octanol–water partition coefficient (Wildman–Crippen LogP) is 4.46. The summed E-state index contributed by atoms with van der Waals surface area (Å²) in [5.74, 6) is 1.46. The smallest absolute Gasteiger partial charge is 0.243 e. The predicted molar refractivity (Wildman–Crippen MR) is 115 cm³/mol. The average molecular weight is 402 g/mol. The lowest BCUT2D eigenvalue weighted by molar-refractivity contribution is 0.373. The lowest BCUT2D eigenvalue weighted by atomic mass is 10.1. The van der Waals surface area contributed by atoms with Crippen LogP contribution in [0.3, 0.4) is 0 Å². The van der Waals surface area contributed by atoms with Crippen LogP contribution in [0.25, 0.3) is 22.3 Å². The van der Waals surface area contributed by atoms with E-state index in [1.807, 2.05) is 51.1 Å². The van der Waals surface area contributed by atoms with Gasteiger partial charge in [-0.15, -0.1) is 0 Å². The SMILES string of the molecule is COc1cc(-c2cc(=NNc3nc(C)cc(C)n3)c3ccc(C)cc3o2)ccc1O. The van der Waals surface area contributed by atoms with Gasteiger partial charge in [0.05, 0.1) is 12.5 Å². The van der Waals surface area contributed by atoms with Gasteiger partial charge in [-0.25, -0.2) is 15.4 Å². The van der Waals surface area contributed by atoms with Crippen LogP contribution in [0, 0.1) is 20.8 Å².